The van der Waals surface area contributed by atoms with Crippen molar-refractivity contribution in [2.24, 2.45) is 0 Å². The molecule has 0 heterocycles. The van der Waals surface area contributed by atoms with Gasteiger partial charge in [-0.3, -0.25) is 0 Å². The van der Waals surface area contributed by atoms with Crippen LogP contribution in [0, 0.1) is 0 Å². The second-order valence-corrected chi connectivity index (χ2v) is 5.26. The predicted molar refractivity (Wildman–Crippen MR) is 76.2 cm³/mol. The molecule has 1 unspecified atom stereocenters. The minimum atomic E-state index is -0.582. The van der Waals surface area contributed by atoms with Crippen molar-refractivity contribution in [3.05, 3.63) is 24.3 Å². The van der Waals surface area contributed by atoms with Crippen molar-refractivity contribution < 1.29 is 9.90 Å². The van der Waals surface area contributed by atoms with Crippen molar-refractivity contribution in [2.75, 3.05) is 18.2 Å². The number of carbonyl (C=O) groups excluding carboxylic acids is 1. The number of aliphatic hydroxyl groups is 1. The molecule has 100 valence electrons. The lowest BCUT2D eigenvalue weighted by molar-refractivity contribution is 0.172. The van der Waals surface area contributed by atoms with Crippen LogP contribution in [0.15, 0.2) is 29.2 Å². The van der Waals surface area contributed by atoms with Crippen LogP contribution < -0.4 is 10.6 Å². The average Bonchev–Trinajstić information content (AvgIpc) is 2.38. The molecule has 1 aromatic rings. The molecule has 0 saturated heterocycles. The van der Waals surface area contributed by atoms with E-state index in [2.05, 4.69) is 10.6 Å². The van der Waals surface area contributed by atoms with E-state index in [4.69, 9.17) is 0 Å². The fourth-order valence-electron chi connectivity index (χ4n) is 1.38. The summed E-state index contributed by atoms with van der Waals surface area (Å²) in [6, 6.07) is 7.32. The lowest BCUT2D eigenvalue weighted by Crippen LogP contribution is -2.50. The highest BCUT2D eigenvalue weighted by Crippen LogP contribution is 2.19. The molecule has 0 aliphatic carbocycles. The lowest BCUT2D eigenvalue weighted by atomic mass is 10.0. The van der Waals surface area contributed by atoms with Crippen LogP contribution in [-0.4, -0.2) is 29.5 Å². The Morgan fingerprint density at radius 3 is 2.78 bits per heavy atom. The Bertz CT molecular complexity index is 406. The predicted octanol–water partition coefficient (Wildman–Crippen LogP) is 2.69. The zero-order valence-electron chi connectivity index (χ0n) is 11.0. The van der Waals surface area contributed by atoms with Crippen LogP contribution in [-0.2, 0) is 0 Å². The summed E-state index contributed by atoms with van der Waals surface area (Å²) in [7, 11) is 0. The first kappa shape index (κ1) is 14.9. The van der Waals surface area contributed by atoms with Gasteiger partial charge in [0, 0.05) is 10.6 Å². The van der Waals surface area contributed by atoms with Crippen LogP contribution in [0.5, 0.6) is 0 Å². The van der Waals surface area contributed by atoms with E-state index in [0.717, 1.165) is 10.6 Å². The van der Waals surface area contributed by atoms with Crippen LogP contribution in [0.2, 0.25) is 0 Å². The Hall–Kier alpha value is -1.20. The molecular formula is C13H20N2O2S. The maximum Gasteiger partial charge on any atom is 0.319 e. The Morgan fingerprint density at radius 1 is 1.50 bits per heavy atom. The Labute approximate surface area is 112 Å². The molecule has 0 radical (unpaired) electrons. The van der Waals surface area contributed by atoms with Gasteiger partial charge >= 0.3 is 6.03 Å². The van der Waals surface area contributed by atoms with E-state index >= 15 is 0 Å². The third-order valence-electron chi connectivity index (χ3n) is 2.87. The fraction of sp³-hybridized carbons (Fsp3) is 0.462. The fourth-order valence-corrected chi connectivity index (χ4v) is 1.84. The third-order valence-corrected chi connectivity index (χ3v) is 3.60. The molecule has 4 nitrogen and oxygen atoms in total. The first-order valence-corrected chi connectivity index (χ1v) is 7.09. The number of benzene rings is 1. The van der Waals surface area contributed by atoms with Crippen LogP contribution in [0.1, 0.15) is 20.3 Å². The molecule has 18 heavy (non-hydrogen) atoms. The molecule has 0 fully saturated rings. The molecule has 0 spiro atoms. The average molecular weight is 268 g/mol. The highest BCUT2D eigenvalue weighted by Gasteiger charge is 2.23. The molecule has 3 N–H and O–H groups in total. The van der Waals surface area contributed by atoms with Gasteiger partial charge in [-0.25, -0.2) is 4.79 Å². The van der Waals surface area contributed by atoms with Gasteiger partial charge in [0.05, 0.1) is 12.1 Å². The highest BCUT2D eigenvalue weighted by molar-refractivity contribution is 7.98. The van der Waals surface area contributed by atoms with Gasteiger partial charge in [0.25, 0.3) is 0 Å². The standard InChI is InChI=1S/C13H20N2O2S/c1-4-13(2,9-16)15-12(17)14-10-6-5-7-11(8-10)18-3/h5-8,16H,4,9H2,1-3H3,(H2,14,15,17). The molecule has 0 aliphatic rings. The lowest BCUT2D eigenvalue weighted by Gasteiger charge is -2.27. The summed E-state index contributed by atoms with van der Waals surface area (Å²) in [6.07, 6.45) is 2.65. The van der Waals surface area contributed by atoms with E-state index in [0.29, 0.717) is 6.42 Å². The van der Waals surface area contributed by atoms with Crippen molar-refractivity contribution in [1.29, 1.82) is 0 Å². The van der Waals surface area contributed by atoms with E-state index < -0.39 is 5.54 Å². The first-order valence-electron chi connectivity index (χ1n) is 5.87. The van der Waals surface area contributed by atoms with Gasteiger partial charge in [0.15, 0.2) is 0 Å². The minimum Gasteiger partial charge on any atom is -0.394 e. The first-order chi connectivity index (χ1) is 8.53. The summed E-state index contributed by atoms with van der Waals surface area (Å²) in [5.41, 5.74) is 0.164. The normalized spacial score (nSPS) is 13.8. The quantitative estimate of drug-likeness (QED) is 0.720. The number of hydrogen-bond acceptors (Lipinski definition) is 3. The van der Waals surface area contributed by atoms with E-state index in [9.17, 15) is 9.90 Å². The Balaban J connectivity index is 2.64. The van der Waals surface area contributed by atoms with Crippen LogP contribution in [0.4, 0.5) is 10.5 Å². The molecule has 0 saturated carbocycles. The second kappa shape index (κ2) is 6.66. The van der Waals surface area contributed by atoms with Crippen LogP contribution in [0.25, 0.3) is 0 Å². The summed E-state index contributed by atoms with van der Waals surface area (Å²) in [4.78, 5) is 12.9. The van der Waals surface area contributed by atoms with Crippen LogP contribution >= 0.6 is 11.8 Å². The number of nitrogens with one attached hydrogen (secondary N) is 2. The van der Waals surface area contributed by atoms with Gasteiger partial charge in [-0.15, -0.1) is 11.8 Å². The zero-order chi connectivity index (χ0) is 13.6. The number of urea groups is 1. The number of thioether (sulfide) groups is 1. The van der Waals surface area contributed by atoms with Gasteiger partial charge in [-0.1, -0.05) is 13.0 Å². The van der Waals surface area contributed by atoms with E-state index in [-0.39, 0.29) is 12.6 Å². The monoisotopic (exact) mass is 268 g/mol. The third kappa shape index (κ3) is 4.23. The number of amides is 2. The molecule has 2 amide bonds. The van der Waals surface area contributed by atoms with Crippen LogP contribution in [0.3, 0.4) is 0 Å². The Kier molecular flexibility index (Phi) is 5.50. The van der Waals surface area contributed by atoms with Gasteiger partial charge in [0.1, 0.15) is 0 Å². The molecule has 0 aromatic heterocycles. The number of carbonyl (C=O) groups is 1. The molecule has 1 aromatic carbocycles. The molecule has 0 aliphatic heterocycles. The van der Waals surface area contributed by atoms with Gasteiger partial charge in [-0.2, -0.15) is 0 Å². The number of aliphatic hydroxyl groups excluding tert-OH is 1. The second-order valence-electron chi connectivity index (χ2n) is 4.38. The number of rotatable bonds is 5. The van der Waals surface area contributed by atoms with Gasteiger partial charge in [-0.05, 0) is 37.8 Å². The number of hydrogen-bond donors (Lipinski definition) is 3. The smallest absolute Gasteiger partial charge is 0.319 e. The molecule has 1 atom stereocenters. The molecule has 1 rings (SSSR count). The SMILES string of the molecule is CCC(C)(CO)NC(=O)Nc1cccc(SC)c1. The summed E-state index contributed by atoms with van der Waals surface area (Å²) in [6.45, 7) is 3.65. The molecule has 0 bridgehead atoms. The summed E-state index contributed by atoms with van der Waals surface area (Å²) in [5, 5.41) is 14.8. The van der Waals surface area contributed by atoms with Crippen molar-refractivity contribution in [3.63, 3.8) is 0 Å². The zero-order valence-corrected chi connectivity index (χ0v) is 11.8. The van der Waals surface area contributed by atoms with Crippen molar-refractivity contribution in [2.45, 2.75) is 30.7 Å². The van der Waals surface area contributed by atoms with E-state index in [1.54, 1.807) is 11.8 Å². The Morgan fingerprint density at radius 2 is 2.22 bits per heavy atom. The molecular weight excluding hydrogens is 248 g/mol. The summed E-state index contributed by atoms with van der Waals surface area (Å²) in [5.74, 6) is 0. The largest absolute Gasteiger partial charge is 0.394 e. The number of anilines is 1. The summed E-state index contributed by atoms with van der Waals surface area (Å²) >= 11 is 1.62. The minimum absolute atomic E-state index is 0.0816. The van der Waals surface area contributed by atoms with E-state index in [1.165, 1.54) is 0 Å². The van der Waals surface area contributed by atoms with Crippen molar-refractivity contribution in [1.82, 2.24) is 5.32 Å². The van der Waals surface area contributed by atoms with Gasteiger partial charge < -0.3 is 15.7 Å². The van der Waals surface area contributed by atoms with E-state index in [1.807, 2.05) is 44.4 Å². The van der Waals surface area contributed by atoms with Gasteiger partial charge in [0.2, 0.25) is 0 Å². The maximum atomic E-state index is 11.8. The van der Waals surface area contributed by atoms with Crippen molar-refractivity contribution in [3.8, 4) is 0 Å². The topological polar surface area (TPSA) is 61.4 Å². The maximum absolute atomic E-state index is 11.8. The highest BCUT2D eigenvalue weighted by atomic mass is 32.2. The van der Waals surface area contributed by atoms with Crippen molar-refractivity contribution >= 4 is 23.5 Å². The molecule has 5 heteroatoms. The summed E-state index contributed by atoms with van der Waals surface area (Å²) < 4.78 is 0.